The highest BCUT2D eigenvalue weighted by molar-refractivity contribution is 5.87. The lowest BCUT2D eigenvalue weighted by Crippen LogP contribution is -2.45. The van der Waals surface area contributed by atoms with Gasteiger partial charge in [-0.3, -0.25) is 9.59 Å². The molecular formula is C18H30O5. The van der Waals surface area contributed by atoms with Crippen molar-refractivity contribution in [3.05, 3.63) is 12.2 Å². The van der Waals surface area contributed by atoms with Crippen LogP contribution in [0.4, 0.5) is 0 Å². The first kappa shape index (κ1) is 19.8. The maximum Gasteiger partial charge on any atom is 0.308 e. The second-order valence-electron chi connectivity index (χ2n) is 6.66. The van der Waals surface area contributed by atoms with Gasteiger partial charge in [0.2, 0.25) is 0 Å². The molecule has 0 bridgehead atoms. The van der Waals surface area contributed by atoms with Crippen molar-refractivity contribution < 1.29 is 24.1 Å². The van der Waals surface area contributed by atoms with Crippen molar-refractivity contribution in [1.29, 1.82) is 0 Å². The molecule has 0 aromatic heterocycles. The Hall–Kier alpha value is -1.20. The van der Waals surface area contributed by atoms with E-state index in [9.17, 15) is 9.59 Å². The molecule has 0 amide bonds. The van der Waals surface area contributed by atoms with E-state index in [0.29, 0.717) is 0 Å². The van der Waals surface area contributed by atoms with Gasteiger partial charge in [-0.25, -0.2) is 9.78 Å². The number of carbonyl (C=O) groups is 2. The number of hydrogen-bond acceptors (Lipinski definition) is 5. The van der Waals surface area contributed by atoms with Crippen LogP contribution >= 0.6 is 0 Å². The van der Waals surface area contributed by atoms with Gasteiger partial charge in [0.1, 0.15) is 11.7 Å². The molecule has 5 nitrogen and oxygen atoms in total. The van der Waals surface area contributed by atoms with Crippen LogP contribution in [-0.4, -0.2) is 30.6 Å². The number of ketones is 1. The van der Waals surface area contributed by atoms with E-state index in [4.69, 9.17) is 14.5 Å². The van der Waals surface area contributed by atoms with E-state index in [1.165, 1.54) is 7.11 Å². The van der Waals surface area contributed by atoms with Gasteiger partial charge in [-0.05, 0) is 51.0 Å². The molecule has 5 heteroatoms. The van der Waals surface area contributed by atoms with Crippen LogP contribution in [0.5, 0.6) is 0 Å². The molecular weight excluding hydrogens is 296 g/mol. The van der Waals surface area contributed by atoms with Crippen molar-refractivity contribution >= 4 is 11.8 Å². The monoisotopic (exact) mass is 326 g/mol. The maximum absolute atomic E-state index is 11.5. The predicted octanol–water partition coefficient (Wildman–Crippen LogP) is 3.62. The van der Waals surface area contributed by atoms with Crippen LogP contribution in [0.25, 0.3) is 0 Å². The van der Waals surface area contributed by atoms with E-state index in [2.05, 4.69) is 13.8 Å². The van der Waals surface area contributed by atoms with E-state index in [0.717, 1.165) is 25.7 Å². The fourth-order valence-corrected chi connectivity index (χ4v) is 3.12. The smallest absolute Gasteiger partial charge is 0.308 e. The van der Waals surface area contributed by atoms with Gasteiger partial charge in [0, 0.05) is 0 Å². The highest BCUT2D eigenvalue weighted by Gasteiger charge is 2.41. The highest BCUT2D eigenvalue weighted by atomic mass is 17.2. The van der Waals surface area contributed by atoms with Crippen LogP contribution in [-0.2, 0) is 24.1 Å². The molecule has 1 fully saturated rings. The molecule has 0 aromatic rings. The summed E-state index contributed by atoms with van der Waals surface area (Å²) in [6.45, 7) is 7.78. The Kier molecular flexibility index (Phi) is 7.92. The lowest BCUT2D eigenvalue weighted by atomic mass is 9.79. The molecule has 1 aliphatic rings. The lowest BCUT2D eigenvalue weighted by Gasteiger charge is -2.42. The number of carbonyl (C=O) groups excluding carboxylic acids is 2. The number of rotatable bonds is 8. The SMILES string of the molecule is CC[C@H](/C=C/C(C)=O)C[C@]1(C)C[C@H](CC)[C@H](CC(=O)OC)OO1. The molecule has 1 heterocycles. The summed E-state index contributed by atoms with van der Waals surface area (Å²) in [7, 11) is 1.38. The first-order valence-corrected chi connectivity index (χ1v) is 8.43. The Labute approximate surface area is 139 Å². The Morgan fingerprint density at radius 1 is 1.39 bits per heavy atom. The second kappa shape index (κ2) is 9.18. The fourth-order valence-electron chi connectivity index (χ4n) is 3.12. The Morgan fingerprint density at radius 3 is 2.61 bits per heavy atom. The average Bonchev–Trinajstić information content (AvgIpc) is 2.52. The third-order valence-electron chi connectivity index (χ3n) is 4.53. The standard InChI is InChI=1S/C18H30O5/c1-6-14(9-8-13(3)19)11-18(4)12-15(7-2)16(22-23-18)10-17(20)21-5/h8-9,14-16H,6-7,10-12H2,1-5H3/b9-8+/t14-,15+,16+,18-/m1/s1. The molecule has 1 aliphatic heterocycles. The summed E-state index contributed by atoms with van der Waals surface area (Å²) in [5, 5.41) is 0. The normalized spacial score (nSPS) is 29.4. The van der Waals surface area contributed by atoms with Crippen LogP contribution in [0, 0.1) is 11.8 Å². The molecule has 0 aromatic carbocycles. The van der Waals surface area contributed by atoms with E-state index in [1.54, 1.807) is 13.0 Å². The molecule has 132 valence electrons. The molecule has 0 N–H and O–H groups in total. The van der Waals surface area contributed by atoms with Gasteiger partial charge < -0.3 is 4.74 Å². The molecule has 1 saturated heterocycles. The summed E-state index contributed by atoms with van der Waals surface area (Å²) in [6.07, 6.45) is 7.01. The van der Waals surface area contributed by atoms with Gasteiger partial charge in [-0.1, -0.05) is 26.3 Å². The maximum atomic E-state index is 11.5. The van der Waals surface area contributed by atoms with Gasteiger partial charge in [0.25, 0.3) is 0 Å². The minimum absolute atomic E-state index is 0.0546. The first-order valence-electron chi connectivity index (χ1n) is 8.43. The van der Waals surface area contributed by atoms with Crippen LogP contribution in [0.1, 0.15) is 59.8 Å². The molecule has 23 heavy (non-hydrogen) atoms. The number of methoxy groups -OCH3 is 1. The lowest BCUT2D eigenvalue weighted by molar-refractivity contribution is -0.419. The third kappa shape index (κ3) is 6.43. The van der Waals surface area contributed by atoms with Crippen molar-refractivity contribution in [3.8, 4) is 0 Å². The number of ether oxygens (including phenoxy) is 1. The molecule has 0 saturated carbocycles. The predicted molar refractivity (Wildman–Crippen MR) is 87.6 cm³/mol. The van der Waals surface area contributed by atoms with Crippen LogP contribution in [0.2, 0.25) is 0 Å². The molecule has 0 spiro atoms. The number of esters is 1. The summed E-state index contributed by atoms with van der Waals surface area (Å²) in [6, 6.07) is 0. The molecule has 0 aliphatic carbocycles. The Bertz CT molecular complexity index is 431. The van der Waals surface area contributed by atoms with Gasteiger partial charge in [0.15, 0.2) is 5.78 Å². The molecule has 0 unspecified atom stereocenters. The average molecular weight is 326 g/mol. The minimum atomic E-state index is -0.408. The van der Waals surface area contributed by atoms with Gasteiger partial charge >= 0.3 is 5.97 Å². The van der Waals surface area contributed by atoms with Crippen LogP contribution < -0.4 is 0 Å². The van der Waals surface area contributed by atoms with Crippen molar-refractivity contribution in [2.75, 3.05) is 7.11 Å². The van der Waals surface area contributed by atoms with Gasteiger partial charge in [-0.2, -0.15) is 0 Å². The topological polar surface area (TPSA) is 61.8 Å². The van der Waals surface area contributed by atoms with E-state index >= 15 is 0 Å². The van der Waals surface area contributed by atoms with Crippen molar-refractivity contribution in [3.63, 3.8) is 0 Å². The number of allylic oxidation sites excluding steroid dienone is 2. The van der Waals surface area contributed by atoms with Crippen molar-refractivity contribution in [2.45, 2.75) is 71.5 Å². The van der Waals surface area contributed by atoms with Crippen LogP contribution in [0.3, 0.4) is 0 Å². The quantitative estimate of drug-likeness (QED) is 0.387. The van der Waals surface area contributed by atoms with Crippen LogP contribution in [0.15, 0.2) is 12.2 Å². The summed E-state index contributed by atoms with van der Waals surface area (Å²) in [5.74, 6) is 0.291. The molecule has 1 rings (SSSR count). The van der Waals surface area contributed by atoms with E-state index in [-0.39, 0.29) is 36.1 Å². The summed E-state index contributed by atoms with van der Waals surface area (Å²) < 4.78 is 4.72. The van der Waals surface area contributed by atoms with E-state index in [1.807, 2.05) is 13.0 Å². The van der Waals surface area contributed by atoms with Crippen molar-refractivity contribution in [2.24, 2.45) is 11.8 Å². The summed E-state index contributed by atoms with van der Waals surface area (Å²) in [4.78, 5) is 33.8. The second-order valence-corrected chi connectivity index (χ2v) is 6.66. The fraction of sp³-hybridized carbons (Fsp3) is 0.778. The Morgan fingerprint density at radius 2 is 2.09 bits per heavy atom. The zero-order valence-corrected chi connectivity index (χ0v) is 15.0. The highest BCUT2D eigenvalue weighted by Crippen LogP contribution is 2.39. The molecule has 4 atom stereocenters. The largest absolute Gasteiger partial charge is 0.469 e. The Balaban J connectivity index is 2.69. The summed E-state index contributed by atoms with van der Waals surface area (Å²) in [5.41, 5.74) is -0.408. The summed E-state index contributed by atoms with van der Waals surface area (Å²) >= 11 is 0. The third-order valence-corrected chi connectivity index (χ3v) is 4.53. The molecule has 0 radical (unpaired) electrons. The zero-order chi connectivity index (χ0) is 17.5. The first-order chi connectivity index (χ1) is 10.8. The van der Waals surface area contributed by atoms with Gasteiger partial charge in [0.05, 0.1) is 13.5 Å². The minimum Gasteiger partial charge on any atom is -0.469 e. The van der Waals surface area contributed by atoms with E-state index < -0.39 is 5.60 Å². The van der Waals surface area contributed by atoms with Crippen molar-refractivity contribution in [1.82, 2.24) is 0 Å². The zero-order valence-electron chi connectivity index (χ0n) is 15.0. The number of hydrogen-bond donors (Lipinski definition) is 0. The van der Waals surface area contributed by atoms with Gasteiger partial charge in [-0.15, -0.1) is 0 Å².